The molecule has 0 aliphatic carbocycles. The number of aromatic nitrogens is 6. The zero-order chi connectivity index (χ0) is 17.4. The summed E-state index contributed by atoms with van der Waals surface area (Å²) in [6.45, 7) is 4.46. The van der Waals surface area contributed by atoms with Crippen LogP contribution in [0.15, 0.2) is 12.1 Å². The van der Waals surface area contributed by atoms with Crippen LogP contribution in [0.1, 0.15) is 44.9 Å². The molecule has 0 aromatic carbocycles. The molecule has 4 rings (SSSR count). The number of amides is 1. The summed E-state index contributed by atoms with van der Waals surface area (Å²) in [6.07, 6.45) is 2.20. The van der Waals surface area contributed by atoms with Gasteiger partial charge in [-0.1, -0.05) is 5.10 Å². The number of nitrogens with one attached hydrogen (secondary N) is 2. The van der Waals surface area contributed by atoms with Crippen LogP contribution in [0, 0.1) is 13.8 Å². The van der Waals surface area contributed by atoms with Gasteiger partial charge in [0.15, 0.2) is 0 Å². The molecule has 1 atom stereocenters. The molecule has 3 aromatic rings. The average molecular weight is 359 g/mol. The quantitative estimate of drug-likeness (QED) is 0.738. The maximum absolute atomic E-state index is 12.6. The number of thiophene rings is 1. The van der Waals surface area contributed by atoms with Gasteiger partial charge in [-0.05, 0) is 44.0 Å². The zero-order valence-electron chi connectivity index (χ0n) is 13.8. The van der Waals surface area contributed by atoms with Crippen molar-refractivity contribution in [3.8, 4) is 5.95 Å². The molecular formula is C15H17N7O2S. The second-order valence-electron chi connectivity index (χ2n) is 5.83. The van der Waals surface area contributed by atoms with Gasteiger partial charge in [-0.15, -0.1) is 16.4 Å². The van der Waals surface area contributed by atoms with Gasteiger partial charge in [-0.2, -0.15) is 15.0 Å². The summed E-state index contributed by atoms with van der Waals surface area (Å²) in [5.41, 5.74) is 2.08. The smallest absolute Gasteiger partial charge is 0.290 e. The van der Waals surface area contributed by atoms with Gasteiger partial charge in [0.1, 0.15) is 0 Å². The number of H-pyrrole nitrogens is 1. The van der Waals surface area contributed by atoms with Crippen molar-refractivity contribution in [2.45, 2.75) is 32.8 Å². The monoisotopic (exact) mass is 359 g/mol. The number of nitrogens with zero attached hydrogens (tertiary/aromatic N) is 5. The molecule has 1 unspecified atom stereocenters. The molecule has 9 nitrogen and oxygen atoms in total. The van der Waals surface area contributed by atoms with E-state index in [4.69, 9.17) is 4.74 Å². The summed E-state index contributed by atoms with van der Waals surface area (Å²) < 4.78 is 7.22. The molecule has 130 valence electrons. The normalized spacial score (nSPS) is 17.1. The van der Waals surface area contributed by atoms with Crippen LogP contribution >= 0.6 is 11.3 Å². The van der Waals surface area contributed by atoms with E-state index in [1.54, 1.807) is 4.68 Å². The standard InChI is InChI=1S/C15H17N7O2S/c1-8-13(9(2)22(19-8)15-17-20-21-18-15)16-14(23)12-6-5-11(25-12)10-4-3-7-24-10/h5-6,10H,3-4,7H2,1-2H3,(H,16,23)(H,17,18,20,21). The summed E-state index contributed by atoms with van der Waals surface area (Å²) in [6, 6.07) is 3.81. The van der Waals surface area contributed by atoms with Crippen molar-refractivity contribution in [2.24, 2.45) is 0 Å². The van der Waals surface area contributed by atoms with Crippen molar-refractivity contribution < 1.29 is 9.53 Å². The minimum absolute atomic E-state index is 0.121. The van der Waals surface area contributed by atoms with Crippen LogP contribution in [0.2, 0.25) is 0 Å². The Morgan fingerprint density at radius 3 is 3.04 bits per heavy atom. The molecule has 0 spiro atoms. The summed E-state index contributed by atoms with van der Waals surface area (Å²) in [4.78, 5) is 14.4. The third kappa shape index (κ3) is 2.94. The molecule has 1 saturated heterocycles. The van der Waals surface area contributed by atoms with Gasteiger partial charge < -0.3 is 10.1 Å². The maximum Gasteiger partial charge on any atom is 0.290 e. The van der Waals surface area contributed by atoms with Crippen LogP contribution < -0.4 is 5.32 Å². The fourth-order valence-electron chi connectivity index (χ4n) is 2.89. The number of anilines is 1. The van der Waals surface area contributed by atoms with Crippen LogP contribution in [0.3, 0.4) is 0 Å². The summed E-state index contributed by atoms with van der Waals surface area (Å²) in [5, 5.41) is 21.1. The summed E-state index contributed by atoms with van der Waals surface area (Å²) in [5.74, 6) is 0.172. The fraction of sp³-hybridized carbons (Fsp3) is 0.400. The highest BCUT2D eigenvalue weighted by atomic mass is 32.1. The molecule has 1 aliphatic rings. The molecule has 4 heterocycles. The van der Waals surface area contributed by atoms with Crippen molar-refractivity contribution >= 4 is 22.9 Å². The Bertz CT molecular complexity index is 893. The van der Waals surface area contributed by atoms with Gasteiger partial charge in [-0.25, -0.2) is 0 Å². The van der Waals surface area contributed by atoms with Crippen molar-refractivity contribution in [1.82, 2.24) is 30.4 Å². The zero-order valence-corrected chi connectivity index (χ0v) is 14.6. The second-order valence-corrected chi connectivity index (χ2v) is 6.94. The Kier molecular flexibility index (Phi) is 4.06. The summed E-state index contributed by atoms with van der Waals surface area (Å²) >= 11 is 1.47. The van der Waals surface area contributed by atoms with E-state index in [-0.39, 0.29) is 12.0 Å². The number of aromatic amines is 1. The highest BCUT2D eigenvalue weighted by Crippen LogP contribution is 2.33. The van der Waals surface area contributed by atoms with E-state index in [9.17, 15) is 4.79 Å². The SMILES string of the molecule is Cc1nn(-c2nn[nH]n2)c(C)c1NC(=O)c1ccc(C2CCCO2)s1. The second kappa shape index (κ2) is 6.37. The molecule has 0 radical (unpaired) electrons. The minimum atomic E-state index is -0.159. The van der Waals surface area contributed by atoms with Crippen LogP contribution in [0.4, 0.5) is 5.69 Å². The van der Waals surface area contributed by atoms with E-state index in [2.05, 4.69) is 31.0 Å². The number of tetrazole rings is 1. The number of rotatable bonds is 4. The van der Waals surface area contributed by atoms with Crippen LogP contribution in [-0.4, -0.2) is 42.9 Å². The summed E-state index contributed by atoms with van der Waals surface area (Å²) in [7, 11) is 0. The van der Waals surface area contributed by atoms with Crippen molar-refractivity contribution in [3.63, 3.8) is 0 Å². The molecule has 1 amide bonds. The Hall–Kier alpha value is -2.59. The van der Waals surface area contributed by atoms with Gasteiger partial charge in [0, 0.05) is 11.5 Å². The van der Waals surface area contributed by atoms with E-state index >= 15 is 0 Å². The van der Waals surface area contributed by atoms with E-state index in [1.807, 2.05) is 26.0 Å². The minimum Gasteiger partial charge on any atom is -0.373 e. The van der Waals surface area contributed by atoms with Crippen LogP contribution in [-0.2, 0) is 4.74 Å². The third-order valence-corrected chi connectivity index (χ3v) is 5.33. The Balaban J connectivity index is 1.55. The Morgan fingerprint density at radius 1 is 1.44 bits per heavy atom. The van der Waals surface area contributed by atoms with E-state index < -0.39 is 0 Å². The molecule has 25 heavy (non-hydrogen) atoms. The van der Waals surface area contributed by atoms with Gasteiger partial charge >= 0.3 is 0 Å². The van der Waals surface area contributed by atoms with Crippen LogP contribution in [0.5, 0.6) is 0 Å². The van der Waals surface area contributed by atoms with Gasteiger partial charge in [0.25, 0.3) is 11.9 Å². The first-order chi connectivity index (χ1) is 12.1. The molecular weight excluding hydrogens is 342 g/mol. The average Bonchev–Trinajstić information content (AvgIpc) is 3.36. The first kappa shape index (κ1) is 15.9. The van der Waals surface area contributed by atoms with Crippen LogP contribution in [0.25, 0.3) is 5.95 Å². The number of hydrogen-bond acceptors (Lipinski definition) is 7. The lowest BCUT2D eigenvalue weighted by Crippen LogP contribution is -2.11. The lowest BCUT2D eigenvalue weighted by molar-refractivity contribution is 0.103. The number of ether oxygens (including phenoxy) is 1. The number of hydrogen-bond donors (Lipinski definition) is 2. The lowest BCUT2D eigenvalue weighted by atomic mass is 10.2. The molecule has 2 N–H and O–H groups in total. The molecule has 1 fully saturated rings. The molecule has 0 saturated carbocycles. The highest BCUT2D eigenvalue weighted by Gasteiger charge is 2.22. The van der Waals surface area contributed by atoms with Crippen molar-refractivity contribution in [1.29, 1.82) is 0 Å². The number of carbonyl (C=O) groups is 1. The predicted octanol–water partition coefficient (Wildman–Crippen LogP) is 2.17. The van der Waals surface area contributed by atoms with Gasteiger partial charge in [0.2, 0.25) is 0 Å². The molecule has 10 heteroatoms. The van der Waals surface area contributed by atoms with Gasteiger partial charge in [0.05, 0.1) is 28.1 Å². The predicted molar refractivity (Wildman–Crippen MR) is 91.0 cm³/mol. The van der Waals surface area contributed by atoms with E-state index in [0.29, 0.717) is 22.2 Å². The Morgan fingerprint density at radius 2 is 2.32 bits per heavy atom. The van der Waals surface area contributed by atoms with Gasteiger partial charge in [-0.3, -0.25) is 4.79 Å². The number of carbonyl (C=O) groups excluding carboxylic acids is 1. The van der Waals surface area contributed by atoms with Crippen molar-refractivity contribution in [3.05, 3.63) is 33.3 Å². The largest absolute Gasteiger partial charge is 0.373 e. The van der Waals surface area contributed by atoms with E-state index in [0.717, 1.165) is 30.0 Å². The topological polar surface area (TPSA) is 111 Å². The molecule has 0 bridgehead atoms. The van der Waals surface area contributed by atoms with Crippen molar-refractivity contribution in [2.75, 3.05) is 11.9 Å². The lowest BCUT2D eigenvalue weighted by Gasteiger charge is -2.06. The van der Waals surface area contributed by atoms with E-state index in [1.165, 1.54) is 11.3 Å². The number of aryl methyl sites for hydroxylation is 1. The first-order valence-electron chi connectivity index (χ1n) is 7.96. The fourth-order valence-corrected chi connectivity index (χ4v) is 3.88. The maximum atomic E-state index is 12.6. The first-order valence-corrected chi connectivity index (χ1v) is 8.78. The highest BCUT2D eigenvalue weighted by molar-refractivity contribution is 7.14. The Labute approximate surface area is 147 Å². The molecule has 1 aliphatic heterocycles. The molecule has 3 aromatic heterocycles. The third-order valence-electron chi connectivity index (χ3n) is 4.15.